The maximum atomic E-state index is 11.2. The summed E-state index contributed by atoms with van der Waals surface area (Å²) < 4.78 is 7.25. The van der Waals surface area contributed by atoms with Crippen molar-refractivity contribution in [3.8, 4) is 11.4 Å². The molecule has 1 aliphatic rings. The SMILES string of the molecule is COc1ccc(-n2c(S[C@H](C)C(=O)O)nnc2C2CCCCC2)cc1. The van der Waals surface area contributed by atoms with Crippen molar-refractivity contribution in [3.63, 3.8) is 0 Å². The molecule has 134 valence electrons. The second-order valence-electron chi connectivity index (χ2n) is 6.31. The fourth-order valence-electron chi connectivity index (χ4n) is 3.17. The summed E-state index contributed by atoms with van der Waals surface area (Å²) in [6.45, 7) is 1.67. The first-order chi connectivity index (χ1) is 12.1. The number of carbonyl (C=O) groups is 1. The molecule has 25 heavy (non-hydrogen) atoms. The number of thioether (sulfide) groups is 1. The fourth-order valence-corrected chi connectivity index (χ4v) is 3.97. The molecule has 6 nitrogen and oxygen atoms in total. The van der Waals surface area contributed by atoms with Crippen LogP contribution >= 0.6 is 11.8 Å². The van der Waals surface area contributed by atoms with E-state index in [1.54, 1.807) is 14.0 Å². The van der Waals surface area contributed by atoms with E-state index in [1.165, 1.54) is 31.0 Å². The number of hydrogen-bond acceptors (Lipinski definition) is 5. The predicted molar refractivity (Wildman–Crippen MR) is 96.7 cm³/mol. The topological polar surface area (TPSA) is 77.2 Å². The molecule has 1 atom stereocenters. The molecule has 1 N–H and O–H groups in total. The van der Waals surface area contributed by atoms with Gasteiger partial charge in [-0.25, -0.2) is 0 Å². The number of carboxylic acid groups (broad SMARTS) is 1. The Morgan fingerprint density at radius 3 is 2.52 bits per heavy atom. The van der Waals surface area contributed by atoms with Gasteiger partial charge in [0, 0.05) is 11.6 Å². The van der Waals surface area contributed by atoms with Gasteiger partial charge in [0.25, 0.3) is 0 Å². The molecule has 0 spiro atoms. The van der Waals surface area contributed by atoms with E-state index in [1.807, 2.05) is 28.8 Å². The van der Waals surface area contributed by atoms with Crippen LogP contribution in [-0.4, -0.2) is 38.2 Å². The van der Waals surface area contributed by atoms with Crippen LogP contribution in [0.1, 0.15) is 50.8 Å². The Hall–Kier alpha value is -2.02. The van der Waals surface area contributed by atoms with E-state index in [4.69, 9.17) is 4.74 Å². The van der Waals surface area contributed by atoms with Gasteiger partial charge < -0.3 is 9.84 Å². The number of aromatic nitrogens is 3. The average Bonchev–Trinajstić information content (AvgIpc) is 3.06. The van der Waals surface area contributed by atoms with Gasteiger partial charge in [-0.1, -0.05) is 31.0 Å². The van der Waals surface area contributed by atoms with Gasteiger partial charge in [-0.3, -0.25) is 9.36 Å². The Balaban J connectivity index is 2.00. The van der Waals surface area contributed by atoms with Crippen molar-refractivity contribution in [1.29, 1.82) is 0 Å². The summed E-state index contributed by atoms with van der Waals surface area (Å²) in [7, 11) is 1.64. The Morgan fingerprint density at radius 2 is 1.92 bits per heavy atom. The second kappa shape index (κ2) is 7.91. The van der Waals surface area contributed by atoms with Gasteiger partial charge in [-0.05, 0) is 44.0 Å². The molecular weight excluding hydrogens is 338 g/mol. The summed E-state index contributed by atoms with van der Waals surface area (Å²) in [6.07, 6.45) is 5.88. The smallest absolute Gasteiger partial charge is 0.316 e. The van der Waals surface area contributed by atoms with E-state index in [9.17, 15) is 9.90 Å². The summed E-state index contributed by atoms with van der Waals surface area (Å²) in [5.74, 6) is 1.24. The summed E-state index contributed by atoms with van der Waals surface area (Å²) in [5, 5.41) is 18.0. The van der Waals surface area contributed by atoms with Crippen LogP contribution in [0.3, 0.4) is 0 Å². The normalized spacial score (nSPS) is 16.6. The number of carboxylic acids is 1. The third-order valence-electron chi connectivity index (χ3n) is 4.59. The molecule has 0 aliphatic heterocycles. The van der Waals surface area contributed by atoms with E-state index in [0.717, 1.165) is 30.1 Å². The van der Waals surface area contributed by atoms with E-state index in [2.05, 4.69) is 10.2 Å². The molecular formula is C18H23N3O3S. The van der Waals surface area contributed by atoms with Crippen LogP contribution in [0.2, 0.25) is 0 Å². The molecule has 1 fully saturated rings. The summed E-state index contributed by atoms with van der Waals surface area (Å²) in [5.41, 5.74) is 0.937. The van der Waals surface area contributed by atoms with E-state index in [0.29, 0.717) is 11.1 Å². The zero-order valence-corrected chi connectivity index (χ0v) is 15.3. The van der Waals surface area contributed by atoms with Crippen LogP contribution in [0, 0.1) is 0 Å². The molecule has 0 bridgehead atoms. The largest absolute Gasteiger partial charge is 0.497 e. The first-order valence-electron chi connectivity index (χ1n) is 8.59. The number of benzene rings is 1. The van der Waals surface area contributed by atoms with Crippen LogP contribution in [0.15, 0.2) is 29.4 Å². The first kappa shape index (κ1) is 17.8. The van der Waals surface area contributed by atoms with Crippen LogP contribution in [0.4, 0.5) is 0 Å². The highest BCUT2D eigenvalue weighted by atomic mass is 32.2. The van der Waals surface area contributed by atoms with Gasteiger partial charge >= 0.3 is 5.97 Å². The van der Waals surface area contributed by atoms with Crippen molar-refractivity contribution in [2.24, 2.45) is 0 Å². The Bertz CT molecular complexity index is 724. The van der Waals surface area contributed by atoms with Gasteiger partial charge in [0.15, 0.2) is 5.16 Å². The van der Waals surface area contributed by atoms with Crippen molar-refractivity contribution in [2.45, 2.75) is 55.4 Å². The maximum Gasteiger partial charge on any atom is 0.316 e. The van der Waals surface area contributed by atoms with Crippen molar-refractivity contribution >= 4 is 17.7 Å². The Labute approximate surface area is 151 Å². The van der Waals surface area contributed by atoms with Gasteiger partial charge in [-0.15, -0.1) is 10.2 Å². The second-order valence-corrected chi connectivity index (χ2v) is 7.62. The lowest BCUT2D eigenvalue weighted by Crippen LogP contribution is -2.14. The number of ether oxygens (including phenoxy) is 1. The zero-order valence-electron chi connectivity index (χ0n) is 14.5. The van der Waals surface area contributed by atoms with Crippen LogP contribution in [0.25, 0.3) is 5.69 Å². The summed E-state index contributed by atoms with van der Waals surface area (Å²) >= 11 is 1.23. The number of aliphatic carboxylic acids is 1. The molecule has 1 aliphatic carbocycles. The molecule has 3 rings (SSSR count). The predicted octanol–water partition coefficient (Wildman–Crippen LogP) is 3.89. The average molecular weight is 361 g/mol. The van der Waals surface area contributed by atoms with Crippen LogP contribution in [-0.2, 0) is 4.79 Å². The minimum absolute atomic E-state index is 0.373. The molecule has 0 saturated heterocycles. The quantitative estimate of drug-likeness (QED) is 0.787. The van der Waals surface area contributed by atoms with E-state index in [-0.39, 0.29) is 0 Å². The van der Waals surface area contributed by atoms with Crippen LogP contribution in [0.5, 0.6) is 5.75 Å². The molecule has 2 aromatic rings. The zero-order chi connectivity index (χ0) is 17.8. The highest BCUT2D eigenvalue weighted by Gasteiger charge is 2.26. The molecule has 0 unspecified atom stereocenters. The Kier molecular flexibility index (Phi) is 5.63. The molecule has 1 aromatic heterocycles. The van der Waals surface area contributed by atoms with Crippen molar-refractivity contribution < 1.29 is 14.6 Å². The van der Waals surface area contributed by atoms with Crippen molar-refractivity contribution in [2.75, 3.05) is 7.11 Å². The van der Waals surface area contributed by atoms with Gasteiger partial charge in [0.05, 0.1) is 7.11 Å². The molecule has 7 heteroatoms. The number of nitrogens with zero attached hydrogens (tertiary/aromatic N) is 3. The van der Waals surface area contributed by atoms with Crippen LogP contribution < -0.4 is 4.74 Å². The highest BCUT2D eigenvalue weighted by Crippen LogP contribution is 2.35. The minimum atomic E-state index is -0.853. The standard InChI is InChI=1S/C18H23N3O3S/c1-12(17(22)23)25-18-20-19-16(13-6-4-3-5-7-13)21(18)14-8-10-15(24-2)11-9-14/h8-13H,3-7H2,1-2H3,(H,22,23)/t12-/m1/s1. The molecule has 0 radical (unpaired) electrons. The molecule has 1 aromatic carbocycles. The number of methoxy groups -OCH3 is 1. The Morgan fingerprint density at radius 1 is 1.24 bits per heavy atom. The first-order valence-corrected chi connectivity index (χ1v) is 9.47. The summed E-state index contributed by atoms with van der Waals surface area (Å²) in [6, 6.07) is 7.72. The highest BCUT2D eigenvalue weighted by molar-refractivity contribution is 8.00. The van der Waals surface area contributed by atoms with Gasteiger partial charge in [-0.2, -0.15) is 0 Å². The maximum absolute atomic E-state index is 11.2. The fraction of sp³-hybridized carbons (Fsp3) is 0.500. The monoisotopic (exact) mass is 361 g/mol. The number of rotatable bonds is 6. The lowest BCUT2D eigenvalue weighted by molar-refractivity contribution is -0.136. The van der Waals surface area contributed by atoms with Crippen molar-refractivity contribution in [3.05, 3.63) is 30.1 Å². The third kappa shape index (κ3) is 3.98. The summed E-state index contributed by atoms with van der Waals surface area (Å²) in [4.78, 5) is 11.2. The van der Waals surface area contributed by atoms with Gasteiger partial charge in [0.2, 0.25) is 0 Å². The molecule has 0 amide bonds. The van der Waals surface area contributed by atoms with Crippen molar-refractivity contribution in [1.82, 2.24) is 14.8 Å². The minimum Gasteiger partial charge on any atom is -0.497 e. The lowest BCUT2D eigenvalue weighted by atomic mass is 9.88. The van der Waals surface area contributed by atoms with E-state index >= 15 is 0 Å². The molecule has 1 saturated carbocycles. The third-order valence-corrected chi connectivity index (χ3v) is 5.62. The lowest BCUT2D eigenvalue weighted by Gasteiger charge is -2.22. The number of hydrogen-bond donors (Lipinski definition) is 1. The van der Waals surface area contributed by atoms with Gasteiger partial charge in [0.1, 0.15) is 16.8 Å². The van der Waals surface area contributed by atoms with E-state index < -0.39 is 11.2 Å². The molecule has 1 heterocycles.